The first-order valence-electron chi connectivity index (χ1n) is 9.57. The highest BCUT2D eigenvalue weighted by molar-refractivity contribution is 5.93. The number of nitrogens with zero attached hydrogens (tertiary/aromatic N) is 2. The molecular weight excluding hydrogens is 346 g/mol. The number of aryl methyl sites for hydroxylation is 1. The number of hydrogen-bond donors (Lipinski definition) is 1. The lowest BCUT2D eigenvalue weighted by Gasteiger charge is -2.34. The Labute approximate surface area is 160 Å². The molecule has 1 aromatic carbocycles. The van der Waals surface area contributed by atoms with Crippen LogP contribution in [0.15, 0.2) is 24.3 Å². The Morgan fingerprint density at radius 3 is 2.41 bits per heavy atom. The van der Waals surface area contributed by atoms with Crippen molar-refractivity contribution < 1.29 is 19.1 Å². The summed E-state index contributed by atoms with van der Waals surface area (Å²) in [6.45, 7) is 6.88. The Kier molecular flexibility index (Phi) is 8.26. The van der Waals surface area contributed by atoms with E-state index in [1.807, 2.05) is 29.2 Å². The van der Waals surface area contributed by atoms with Crippen LogP contribution in [-0.2, 0) is 25.5 Å². The fraction of sp³-hybridized carbons (Fsp3) is 0.550. The lowest BCUT2D eigenvalue weighted by Crippen LogP contribution is -2.50. The van der Waals surface area contributed by atoms with E-state index in [2.05, 4.69) is 12.2 Å². The normalized spacial score (nSPS) is 14.7. The van der Waals surface area contributed by atoms with E-state index in [0.717, 1.165) is 17.7 Å². The number of carbonyl (C=O) groups excluding carboxylic acids is 3. The fourth-order valence-corrected chi connectivity index (χ4v) is 3.10. The third kappa shape index (κ3) is 6.67. The topological polar surface area (TPSA) is 79.0 Å². The van der Waals surface area contributed by atoms with Crippen LogP contribution in [0.3, 0.4) is 0 Å². The highest BCUT2D eigenvalue weighted by Crippen LogP contribution is 2.15. The number of nitrogens with one attached hydrogen (secondary N) is 1. The lowest BCUT2D eigenvalue weighted by atomic mass is 10.1. The van der Waals surface area contributed by atoms with E-state index < -0.39 is 0 Å². The van der Waals surface area contributed by atoms with Gasteiger partial charge in [-0.2, -0.15) is 0 Å². The molecule has 0 unspecified atom stereocenters. The number of piperazine rings is 1. The van der Waals surface area contributed by atoms with E-state index in [0.29, 0.717) is 39.3 Å². The molecular formula is C20H29N3O4. The van der Waals surface area contributed by atoms with Crippen LogP contribution < -0.4 is 5.32 Å². The molecule has 0 radical (unpaired) electrons. The second-order valence-corrected chi connectivity index (χ2v) is 6.52. The Balaban J connectivity index is 1.73. The summed E-state index contributed by atoms with van der Waals surface area (Å²) in [5.74, 6) is -0.421. The third-order valence-corrected chi connectivity index (χ3v) is 4.61. The summed E-state index contributed by atoms with van der Waals surface area (Å²) in [6.07, 6.45) is 1.16. The second-order valence-electron chi connectivity index (χ2n) is 6.52. The van der Waals surface area contributed by atoms with Crippen molar-refractivity contribution in [2.75, 3.05) is 44.6 Å². The second kappa shape index (κ2) is 10.7. The molecule has 0 aliphatic carbocycles. The Morgan fingerprint density at radius 2 is 1.74 bits per heavy atom. The Bertz CT molecular complexity index is 654. The van der Waals surface area contributed by atoms with Crippen molar-refractivity contribution in [3.05, 3.63) is 29.8 Å². The third-order valence-electron chi connectivity index (χ3n) is 4.61. The van der Waals surface area contributed by atoms with Crippen LogP contribution in [0.2, 0.25) is 0 Å². The highest BCUT2D eigenvalue weighted by atomic mass is 16.5. The molecule has 1 aromatic rings. The number of para-hydroxylation sites is 1. The van der Waals surface area contributed by atoms with Gasteiger partial charge in [-0.1, -0.05) is 25.1 Å². The van der Waals surface area contributed by atoms with Gasteiger partial charge in [0.1, 0.15) is 0 Å². The van der Waals surface area contributed by atoms with Gasteiger partial charge in [0.25, 0.3) is 0 Å². The van der Waals surface area contributed by atoms with Crippen molar-refractivity contribution in [1.29, 1.82) is 0 Å². The minimum atomic E-state index is -0.339. The molecule has 2 rings (SSSR count). The van der Waals surface area contributed by atoms with Gasteiger partial charge < -0.3 is 15.0 Å². The van der Waals surface area contributed by atoms with Crippen LogP contribution in [0, 0.1) is 0 Å². The quantitative estimate of drug-likeness (QED) is 0.700. The summed E-state index contributed by atoms with van der Waals surface area (Å²) in [5, 5.41) is 2.97. The molecule has 27 heavy (non-hydrogen) atoms. The first-order valence-corrected chi connectivity index (χ1v) is 9.57. The summed E-state index contributed by atoms with van der Waals surface area (Å²) in [7, 11) is 0. The zero-order valence-electron chi connectivity index (χ0n) is 16.2. The van der Waals surface area contributed by atoms with Crippen molar-refractivity contribution >= 4 is 23.5 Å². The van der Waals surface area contributed by atoms with Gasteiger partial charge in [-0.05, 0) is 25.0 Å². The van der Waals surface area contributed by atoms with E-state index in [4.69, 9.17) is 4.74 Å². The zero-order chi connectivity index (χ0) is 19.6. The van der Waals surface area contributed by atoms with Gasteiger partial charge in [-0.3, -0.25) is 19.3 Å². The summed E-state index contributed by atoms with van der Waals surface area (Å²) in [6, 6.07) is 7.80. The van der Waals surface area contributed by atoms with Gasteiger partial charge in [-0.25, -0.2) is 0 Å². The maximum Gasteiger partial charge on any atom is 0.306 e. The SMILES string of the molecule is CCOC(=O)CCC(=O)N1CCN(CC(=O)Nc2ccccc2CC)CC1. The molecule has 1 heterocycles. The van der Waals surface area contributed by atoms with E-state index in [1.54, 1.807) is 11.8 Å². The van der Waals surface area contributed by atoms with Crippen LogP contribution in [0.4, 0.5) is 5.69 Å². The van der Waals surface area contributed by atoms with Gasteiger partial charge in [0, 0.05) is 38.3 Å². The van der Waals surface area contributed by atoms with E-state index >= 15 is 0 Å². The maximum atomic E-state index is 12.3. The lowest BCUT2D eigenvalue weighted by molar-refractivity contribution is -0.146. The average molecular weight is 375 g/mol. The minimum Gasteiger partial charge on any atom is -0.466 e. The standard InChI is InChI=1S/C20H29N3O4/c1-3-16-7-5-6-8-17(16)21-18(24)15-22-11-13-23(14-12-22)19(25)9-10-20(26)27-4-2/h5-8H,3-4,9-15H2,1-2H3,(H,21,24). The molecule has 1 aliphatic heterocycles. The van der Waals surface area contributed by atoms with Gasteiger partial charge >= 0.3 is 5.97 Å². The molecule has 1 fully saturated rings. The van der Waals surface area contributed by atoms with Gasteiger partial charge in [0.15, 0.2) is 0 Å². The van der Waals surface area contributed by atoms with Crippen molar-refractivity contribution in [3.8, 4) is 0 Å². The van der Waals surface area contributed by atoms with Gasteiger partial charge in [0.05, 0.1) is 19.6 Å². The first-order chi connectivity index (χ1) is 13.0. The van der Waals surface area contributed by atoms with Gasteiger partial charge in [0.2, 0.25) is 11.8 Å². The van der Waals surface area contributed by atoms with Gasteiger partial charge in [-0.15, -0.1) is 0 Å². The number of ether oxygens (including phenoxy) is 1. The molecule has 7 heteroatoms. The summed E-state index contributed by atoms with van der Waals surface area (Å²) in [5.41, 5.74) is 1.97. The fourth-order valence-electron chi connectivity index (χ4n) is 3.10. The molecule has 7 nitrogen and oxygen atoms in total. The van der Waals surface area contributed by atoms with Crippen LogP contribution >= 0.6 is 0 Å². The van der Waals surface area contributed by atoms with Crippen LogP contribution in [0.25, 0.3) is 0 Å². The van der Waals surface area contributed by atoms with Crippen LogP contribution in [0.1, 0.15) is 32.3 Å². The summed E-state index contributed by atoms with van der Waals surface area (Å²) in [4.78, 5) is 39.6. The number of carbonyl (C=O) groups is 3. The molecule has 1 aliphatic rings. The van der Waals surface area contributed by atoms with Crippen molar-refractivity contribution in [3.63, 3.8) is 0 Å². The van der Waals surface area contributed by atoms with Crippen molar-refractivity contribution in [2.45, 2.75) is 33.1 Å². The number of esters is 1. The van der Waals surface area contributed by atoms with Crippen LogP contribution in [0.5, 0.6) is 0 Å². The van der Waals surface area contributed by atoms with E-state index in [9.17, 15) is 14.4 Å². The molecule has 148 valence electrons. The van der Waals surface area contributed by atoms with Crippen LogP contribution in [-0.4, -0.2) is 66.9 Å². The highest BCUT2D eigenvalue weighted by Gasteiger charge is 2.23. The molecule has 0 atom stereocenters. The van der Waals surface area contributed by atoms with Crippen molar-refractivity contribution in [1.82, 2.24) is 9.80 Å². The molecule has 0 saturated carbocycles. The summed E-state index contributed by atoms with van der Waals surface area (Å²) >= 11 is 0. The predicted molar refractivity (Wildman–Crippen MR) is 103 cm³/mol. The minimum absolute atomic E-state index is 0.0379. The largest absolute Gasteiger partial charge is 0.466 e. The Morgan fingerprint density at radius 1 is 1.04 bits per heavy atom. The monoisotopic (exact) mass is 375 g/mol. The zero-order valence-corrected chi connectivity index (χ0v) is 16.2. The van der Waals surface area contributed by atoms with E-state index in [1.165, 1.54) is 0 Å². The molecule has 1 saturated heterocycles. The first kappa shape index (κ1) is 20.9. The van der Waals surface area contributed by atoms with E-state index in [-0.39, 0.29) is 30.6 Å². The molecule has 0 bridgehead atoms. The van der Waals surface area contributed by atoms with Crippen molar-refractivity contribution in [2.24, 2.45) is 0 Å². The number of anilines is 1. The molecule has 0 spiro atoms. The Hall–Kier alpha value is -2.41. The number of rotatable bonds is 8. The summed E-state index contributed by atoms with van der Waals surface area (Å²) < 4.78 is 4.84. The maximum absolute atomic E-state index is 12.3. The molecule has 2 amide bonds. The number of benzene rings is 1. The predicted octanol–water partition coefficient (Wildman–Crippen LogP) is 1.67. The number of amides is 2. The molecule has 0 aromatic heterocycles. The number of hydrogen-bond acceptors (Lipinski definition) is 5. The molecule has 1 N–H and O–H groups in total. The smallest absolute Gasteiger partial charge is 0.306 e. The average Bonchev–Trinajstić information content (AvgIpc) is 2.67.